The lowest BCUT2D eigenvalue weighted by atomic mass is 10.1. The smallest absolute Gasteiger partial charge is 0.267 e. The maximum absolute atomic E-state index is 12.2. The number of nitrogens with one attached hydrogen (secondary N) is 1. The standard InChI is InChI=1S/C20H41NO.C3H3N3O/c1-4-7-9-11-13-15-18-21(20(22)17-6-3)19-16-14-12-10-8-5-2;7-3-1-2-4-6-5-3/h4-19H2,1-3H3;1-2H,(H,4,5,7). The Morgan fingerprint density at radius 3 is 1.72 bits per heavy atom. The highest BCUT2D eigenvalue weighted by Gasteiger charge is 2.11. The van der Waals surface area contributed by atoms with Crippen LogP contribution in [0.5, 0.6) is 0 Å². The second-order valence-corrected chi connectivity index (χ2v) is 7.67. The number of aromatic nitrogens is 3. The van der Waals surface area contributed by atoms with Crippen LogP contribution in [0.3, 0.4) is 0 Å². The average molecular weight is 409 g/mol. The normalized spacial score (nSPS) is 10.3. The molecule has 0 aromatic carbocycles. The summed E-state index contributed by atoms with van der Waals surface area (Å²) in [5, 5.41) is 8.65. The third-order valence-corrected chi connectivity index (χ3v) is 4.89. The van der Waals surface area contributed by atoms with E-state index in [2.05, 4.69) is 41.1 Å². The van der Waals surface area contributed by atoms with Crippen LogP contribution >= 0.6 is 0 Å². The molecule has 1 heterocycles. The second-order valence-electron chi connectivity index (χ2n) is 7.67. The van der Waals surface area contributed by atoms with Gasteiger partial charge in [0.25, 0.3) is 5.56 Å². The Balaban J connectivity index is 0.000000929. The molecule has 0 spiro atoms. The summed E-state index contributed by atoms with van der Waals surface area (Å²) >= 11 is 0. The van der Waals surface area contributed by atoms with E-state index < -0.39 is 0 Å². The number of rotatable bonds is 16. The van der Waals surface area contributed by atoms with Gasteiger partial charge in [0.2, 0.25) is 5.91 Å². The largest absolute Gasteiger partial charge is 0.343 e. The van der Waals surface area contributed by atoms with Crippen molar-refractivity contribution in [2.75, 3.05) is 13.1 Å². The summed E-state index contributed by atoms with van der Waals surface area (Å²) in [5.41, 5.74) is -0.227. The Morgan fingerprint density at radius 1 is 0.828 bits per heavy atom. The molecule has 0 aliphatic carbocycles. The van der Waals surface area contributed by atoms with Crippen LogP contribution in [0.15, 0.2) is 17.1 Å². The van der Waals surface area contributed by atoms with Crippen molar-refractivity contribution in [1.82, 2.24) is 20.3 Å². The molecule has 0 saturated carbocycles. The van der Waals surface area contributed by atoms with Crippen LogP contribution in [-0.2, 0) is 4.79 Å². The van der Waals surface area contributed by atoms with Crippen LogP contribution in [0.4, 0.5) is 0 Å². The second kappa shape index (κ2) is 21.0. The molecule has 0 saturated heterocycles. The molecule has 1 rings (SSSR count). The molecule has 0 aliphatic rings. The molecule has 6 heteroatoms. The Hall–Kier alpha value is -1.72. The van der Waals surface area contributed by atoms with Crippen molar-refractivity contribution < 1.29 is 4.79 Å². The van der Waals surface area contributed by atoms with Crippen molar-refractivity contribution in [2.24, 2.45) is 0 Å². The zero-order valence-corrected chi connectivity index (χ0v) is 19.1. The van der Waals surface area contributed by atoms with E-state index in [4.69, 9.17) is 0 Å². The lowest BCUT2D eigenvalue weighted by Gasteiger charge is -2.22. The van der Waals surface area contributed by atoms with Crippen molar-refractivity contribution in [2.45, 2.75) is 111 Å². The maximum Gasteiger partial charge on any atom is 0.267 e. The van der Waals surface area contributed by atoms with Gasteiger partial charge < -0.3 is 4.90 Å². The summed E-state index contributed by atoms with van der Waals surface area (Å²) in [7, 11) is 0. The Labute approximate surface area is 177 Å². The van der Waals surface area contributed by atoms with Gasteiger partial charge in [0.05, 0.1) is 6.20 Å². The molecule has 0 atom stereocenters. The quantitative estimate of drug-likeness (QED) is 0.366. The van der Waals surface area contributed by atoms with Gasteiger partial charge in [-0.15, -0.1) is 5.10 Å². The molecular weight excluding hydrogens is 364 g/mol. The molecule has 0 aliphatic heterocycles. The highest BCUT2D eigenvalue weighted by atomic mass is 16.2. The lowest BCUT2D eigenvalue weighted by Crippen LogP contribution is -2.32. The van der Waals surface area contributed by atoms with Crippen molar-refractivity contribution in [3.8, 4) is 0 Å². The summed E-state index contributed by atoms with van der Waals surface area (Å²) in [6.07, 6.45) is 18.7. The molecule has 1 N–H and O–H groups in total. The predicted molar refractivity (Wildman–Crippen MR) is 121 cm³/mol. The van der Waals surface area contributed by atoms with Gasteiger partial charge in [0.1, 0.15) is 0 Å². The van der Waals surface area contributed by atoms with Gasteiger partial charge in [0.15, 0.2) is 0 Å². The van der Waals surface area contributed by atoms with Crippen molar-refractivity contribution in [3.05, 3.63) is 22.6 Å². The van der Waals surface area contributed by atoms with Crippen LogP contribution in [0.2, 0.25) is 0 Å². The van der Waals surface area contributed by atoms with Gasteiger partial charge >= 0.3 is 0 Å². The summed E-state index contributed by atoms with van der Waals surface area (Å²) in [6, 6.07) is 1.30. The van der Waals surface area contributed by atoms with Gasteiger partial charge in [-0.2, -0.15) is 0 Å². The molecule has 0 radical (unpaired) electrons. The Bertz CT molecular complexity index is 500. The predicted octanol–water partition coefficient (Wildman–Crippen LogP) is 5.50. The summed E-state index contributed by atoms with van der Waals surface area (Å²) in [5.74, 6) is 0.379. The SMILES string of the molecule is CCCCCCCCN(CCCCCCCC)C(=O)CCC.O=c1ccnn[nH]1. The van der Waals surface area contributed by atoms with E-state index >= 15 is 0 Å². The van der Waals surface area contributed by atoms with E-state index in [1.165, 1.54) is 89.3 Å². The third kappa shape index (κ3) is 18.1. The number of unbranched alkanes of at least 4 members (excludes halogenated alkanes) is 10. The van der Waals surface area contributed by atoms with Gasteiger partial charge in [-0.3, -0.25) is 9.59 Å². The molecule has 1 aromatic heterocycles. The van der Waals surface area contributed by atoms with Crippen LogP contribution in [-0.4, -0.2) is 39.3 Å². The fourth-order valence-corrected chi connectivity index (χ4v) is 3.15. The van der Waals surface area contributed by atoms with E-state index in [1.807, 2.05) is 0 Å². The zero-order chi connectivity index (χ0) is 21.6. The maximum atomic E-state index is 12.2. The van der Waals surface area contributed by atoms with Gasteiger partial charge in [-0.25, -0.2) is 5.10 Å². The zero-order valence-electron chi connectivity index (χ0n) is 19.1. The van der Waals surface area contributed by atoms with Crippen LogP contribution in [0.1, 0.15) is 111 Å². The van der Waals surface area contributed by atoms with E-state index in [-0.39, 0.29) is 5.56 Å². The molecule has 0 unspecified atom stereocenters. The van der Waals surface area contributed by atoms with Crippen molar-refractivity contribution >= 4 is 5.91 Å². The summed E-state index contributed by atoms with van der Waals surface area (Å²) in [6.45, 7) is 8.59. The minimum Gasteiger partial charge on any atom is -0.343 e. The van der Waals surface area contributed by atoms with Gasteiger partial charge in [-0.05, 0) is 19.3 Å². The number of carbonyl (C=O) groups is 1. The lowest BCUT2D eigenvalue weighted by molar-refractivity contribution is -0.131. The number of amides is 1. The molecule has 29 heavy (non-hydrogen) atoms. The van der Waals surface area contributed by atoms with E-state index in [1.54, 1.807) is 0 Å². The highest BCUT2D eigenvalue weighted by Crippen LogP contribution is 2.10. The van der Waals surface area contributed by atoms with Crippen molar-refractivity contribution in [1.29, 1.82) is 0 Å². The van der Waals surface area contributed by atoms with Crippen LogP contribution in [0.25, 0.3) is 0 Å². The minimum absolute atomic E-state index is 0.227. The third-order valence-electron chi connectivity index (χ3n) is 4.89. The number of hydrogen-bond donors (Lipinski definition) is 1. The van der Waals surface area contributed by atoms with Crippen molar-refractivity contribution in [3.63, 3.8) is 0 Å². The van der Waals surface area contributed by atoms with Crippen LogP contribution in [0, 0.1) is 0 Å². The first kappa shape index (κ1) is 27.3. The van der Waals surface area contributed by atoms with Gasteiger partial charge in [-0.1, -0.05) is 90.2 Å². The van der Waals surface area contributed by atoms with Crippen LogP contribution < -0.4 is 5.56 Å². The average Bonchev–Trinajstić information content (AvgIpc) is 2.72. The highest BCUT2D eigenvalue weighted by molar-refractivity contribution is 5.76. The number of nitrogens with zero attached hydrogens (tertiary/aromatic N) is 3. The number of H-pyrrole nitrogens is 1. The molecule has 6 nitrogen and oxygen atoms in total. The number of hydrogen-bond acceptors (Lipinski definition) is 4. The molecule has 0 fully saturated rings. The first-order valence-corrected chi connectivity index (χ1v) is 11.8. The topological polar surface area (TPSA) is 79.0 Å². The van der Waals surface area contributed by atoms with E-state index in [0.717, 1.165) is 25.9 Å². The fourth-order valence-electron chi connectivity index (χ4n) is 3.15. The monoisotopic (exact) mass is 408 g/mol. The molecular formula is C23H44N4O2. The fraction of sp³-hybridized carbons (Fsp3) is 0.826. The molecule has 0 bridgehead atoms. The number of aromatic amines is 1. The Kier molecular flexibility index (Phi) is 19.8. The number of carbonyl (C=O) groups excluding carboxylic acids is 1. The summed E-state index contributed by atoms with van der Waals surface area (Å²) < 4.78 is 0. The molecule has 168 valence electrons. The first-order chi connectivity index (χ1) is 14.2. The minimum atomic E-state index is -0.227. The Morgan fingerprint density at radius 2 is 1.34 bits per heavy atom. The molecule has 1 aromatic rings. The summed E-state index contributed by atoms with van der Waals surface area (Å²) in [4.78, 5) is 24.5. The van der Waals surface area contributed by atoms with Gasteiger partial charge in [0, 0.05) is 25.6 Å². The van der Waals surface area contributed by atoms with E-state index in [0.29, 0.717) is 5.91 Å². The molecule has 1 amide bonds. The first-order valence-electron chi connectivity index (χ1n) is 11.8. The van der Waals surface area contributed by atoms with E-state index in [9.17, 15) is 9.59 Å².